The number of nitrogens with zero attached hydrogens (tertiary/aromatic N) is 2. The van der Waals surface area contributed by atoms with Crippen molar-refractivity contribution in [3.8, 4) is 11.8 Å². The predicted octanol–water partition coefficient (Wildman–Crippen LogP) is 3.73. The first kappa shape index (κ1) is 16.8. The Morgan fingerprint density at radius 3 is 2.69 bits per heavy atom. The fourth-order valence-electron chi connectivity index (χ4n) is 4.30. The summed E-state index contributed by atoms with van der Waals surface area (Å²) in [6.07, 6.45) is 6.30. The van der Waals surface area contributed by atoms with Gasteiger partial charge in [-0.15, -0.1) is 0 Å². The molecule has 2 heterocycles. The number of likely N-dealkylation sites (N-methyl/N-ethyl adjacent to an activating group) is 1. The molecule has 1 saturated heterocycles. The van der Waals surface area contributed by atoms with Crippen molar-refractivity contribution in [1.82, 2.24) is 9.88 Å². The average molecular weight is 348 g/mol. The van der Waals surface area contributed by atoms with Crippen LogP contribution in [0.25, 0.3) is 0 Å². The van der Waals surface area contributed by atoms with Gasteiger partial charge in [-0.2, -0.15) is 0 Å². The second-order valence-corrected chi connectivity index (χ2v) is 7.17. The van der Waals surface area contributed by atoms with Crippen molar-refractivity contribution in [2.45, 2.75) is 37.6 Å². The van der Waals surface area contributed by atoms with E-state index in [2.05, 4.69) is 16.8 Å². The summed E-state index contributed by atoms with van der Waals surface area (Å²) < 4.78 is 13.2. The second kappa shape index (κ2) is 6.92. The van der Waals surface area contributed by atoms with Gasteiger partial charge in [-0.3, -0.25) is 9.78 Å². The van der Waals surface area contributed by atoms with E-state index in [0.717, 1.165) is 24.1 Å². The van der Waals surface area contributed by atoms with Crippen LogP contribution in [0.3, 0.4) is 0 Å². The molecule has 1 aliphatic heterocycles. The largest absolute Gasteiger partial charge is 0.342 e. The molecular weight excluding hydrogens is 327 g/mol. The summed E-state index contributed by atoms with van der Waals surface area (Å²) in [5.41, 5.74) is 2.23. The first-order chi connectivity index (χ1) is 12.6. The number of fused-ring (bicyclic) bond motifs is 1. The Morgan fingerprint density at radius 1 is 1.12 bits per heavy atom. The van der Waals surface area contributed by atoms with Crippen LogP contribution < -0.4 is 0 Å². The number of rotatable bonds is 1. The normalized spacial score (nSPS) is 24.8. The van der Waals surface area contributed by atoms with Crippen LogP contribution in [0.1, 0.15) is 48.4 Å². The summed E-state index contributed by atoms with van der Waals surface area (Å²) in [6, 6.07) is 10.4. The minimum absolute atomic E-state index is 0.129. The third kappa shape index (κ3) is 3.10. The van der Waals surface area contributed by atoms with Crippen molar-refractivity contribution < 1.29 is 9.18 Å². The first-order valence-corrected chi connectivity index (χ1v) is 9.14. The molecule has 0 bridgehead atoms. The van der Waals surface area contributed by atoms with E-state index in [-0.39, 0.29) is 17.6 Å². The summed E-state index contributed by atoms with van der Waals surface area (Å²) in [5.74, 6) is 6.09. The summed E-state index contributed by atoms with van der Waals surface area (Å²) >= 11 is 0. The highest BCUT2D eigenvalue weighted by Gasteiger charge is 2.48. The molecule has 3 nitrogen and oxygen atoms in total. The molecule has 132 valence electrons. The Morgan fingerprint density at radius 2 is 1.92 bits per heavy atom. The van der Waals surface area contributed by atoms with Gasteiger partial charge in [0.1, 0.15) is 5.82 Å². The lowest BCUT2D eigenvalue weighted by Crippen LogP contribution is -2.33. The molecule has 4 rings (SSSR count). The zero-order valence-electron chi connectivity index (χ0n) is 14.8. The molecule has 4 heteroatoms. The van der Waals surface area contributed by atoms with Crippen LogP contribution in [0.2, 0.25) is 0 Å². The predicted molar refractivity (Wildman–Crippen MR) is 97.9 cm³/mol. The van der Waals surface area contributed by atoms with Crippen LogP contribution in [0, 0.1) is 23.6 Å². The van der Waals surface area contributed by atoms with E-state index in [1.807, 2.05) is 24.1 Å². The van der Waals surface area contributed by atoms with Gasteiger partial charge in [-0.1, -0.05) is 30.7 Å². The molecule has 2 aromatic rings. The smallest absolute Gasteiger partial charge is 0.232 e. The third-order valence-electron chi connectivity index (χ3n) is 5.60. The first-order valence-electron chi connectivity index (χ1n) is 9.14. The van der Waals surface area contributed by atoms with Crippen LogP contribution >= 0.6 is 0 Å². The van der Waals surface area contributed by atoms with Crippen molar-refractivity contribution >= 4 is 5.91 Å². The van der Waals surface area contributed by atoms with Gasteiger partial charge in [0.2, 0.25) is 5.91 Å². The van der Waals surface area contributed by atoms with Gasteiger partial charge >= 0.3 is 0 Å². The summed E-state index contributed by atoms with van der Waals surface area (Å²) in [4.78, 5) is 19.2. The Kier molecular flexibility index (Phi) is 4.46. The van der Waals surface area contributed by atoms with Gasteiger partial charge in [-0.05, 0) is 49.1 Å². The zero-order valence-corrected chi connectivity index (χ0v) is 14.8. The lowest BCUT2D eigenvalue weighted by molar-refractivity contribution is -0.128. The Hall–Kier alpha value is -2.67. The van der Waals surface area contributed by atoms with Gasteiger partial charge in [-0.25, -0.2) is 4.39 Å². The number of amides is 1. The topological polar surface area (TPSA) is 33.2 Å². The van der Waals surface area contributed by atoms with Gasteiger partial charge in [0.15, 0.2) is 0 Å². The van der Waals surface area contributed by atoms with Crippen LogP contribution in [0.5, 0.6) is 0 Å². The standard InChI is InChI=1S/C22H21FN2O/c1-25-20-8-3-2-7-18(20)21(22(25)26)19-12-11-16(14-24-19)10-9-15-5-4-6-17(23)13-15/h4-6,11-14,18,20-21H,2-3,7-8H2,1H3/t18-,20+,21?/m1/s1. The van der Waals surface area contributed by atoms with Crippen molar-refractivity contribution in [2.75, 3.05) is 7.05 Å². The maximum absolute atomic E-state index is 13.2. The summed E-state index contributed by atoms with van der Waals surface area (Å²) in [7, 11) is 1.92. The molecule has 1 aromatic carbocycles. The minimum atomic E-state index is -0.295. The van der Waals surface area contributed by atoms with E-state index < -0.39 is 0 Å². The Balaban J connectivity index is 1.56. The second-order valence-electron chi connectivity index (χ2n) is 7.17. The van der Waals surface area contributed by atoms with E-state index in [4.69, 9.17) is 0 Å². The molecular formula is C22H21FN2O. The van der Waals surface area contributed by atoms with Crippen molar-refractivity contribution in [2.24, 2.45) is 5.92 Å². The molecule has 3 atom stereocenters. The highest BCUT2D eigenvalue weighted by molar-refractivity contribution is 5.86. The van der Waals surface area contributed by atoms with E-state index >= 15 is 0 Å². The van der Waals surface area contributed by atoms with Gasteiger partial charge < -0.3 is 4.90 Å². The number of pyridine rings is 1. The number of hydrogen-bond donors (Lipinski definition) is 0. The van der Waals surface area contributed by atoms with E-state index in [9.17, 15) is 9.18 Å². The number of halogens is 1. The minimum Gasteiger partial charge on any atom is -0.342 e. The highest BCUT2D eigenvalue weighted by Crippen LogP contribution is 2.44. The molecule has 1 unspecified atom stereocenters. The average Bonchev–Trinajstić information content (AvgIpc) is 2.92. The fourth-order valence-corrected chi connectivity index (χ4v) is 4.30. The maximum Gasteiger partial charge on any atom is 0.232 e. The molecule has 1 amide bonds. The van der Waals surface area contributed by atoms with E-state index in [0.29, 0.717) is 17.5 Å². The molecule has 0 N–H and O–H groups in total. The van der Waals surface area contributed by atoms with Crippen LogP contribution in [0.4, 0.5) is 4.39 Å². The molecule has 2 fully saturated rings. The van der Waals surface area contributed by atoms with Gasteiger partial charge in [0, 0.05) is 30.4 Å². The molecule has 1 aliphatic carbocycles. The van der Waals surface area contributed by atoms with Crippen molar-refractivity contribution in [3.05, 3.63) is 65.2 Å². The molecule has 1 aromatic heterocycles. The number of carbonyl (C=O) groups is 1. The highest BCUT2D eigenvalue weighted by atomic mass is 19.1. The van der Waals surface area contributed by atoms with Crippen LogP contribution in [0.15, 0.2) is 42.6 Å². The molecule has 1 saturated carbocycles. The maximum atomic E-state index is 13.2. The van der Waals surface area contributed by atoms with Crippen LogP contribution in [-0.2, 0) is 4.79 Å². The SMILES string of the molecule is CN1C(=O)C(c2ccc(C#Cc3cccc(F)c3)cn2)[C@@H]2CCCC[C@@H]21. The number of likely N-dealkylation sites (tertiary alicyclic amines) is 1. The van der Waals surface area contributed by atoms with Gasteiger partial charge in [0.25, 0.3) is 0 Å². The number of carbonyl (C=O) groups excluding carboxylic acids is 1. The Bertz CT molecular complexity index is 881. The Labute approximate surface area is 153 Å². The fraction of sp³-hybridized carbons (Fsp3) is 0.364. The lowest BCUT2D eigenvalue weighted by atomic mass is 9.78. The molecule has 0 spiro atoms. The quantitative estimate of drug-likeness (QED) is 0.736. The van der Waals surface area contributed by atoms with E-state index in [1.54, 1.807) is 18.3 Å². The van der Waals surface area contributed by atoms with Gasteiger partial charge in [0.05, 0.1) is 11.6 Å². The van der Waals surface area contributed by atoms with Crippen molar-refractivity contribution in [3.63, 3.8) is 0 Å². The lowest BCUT2D eigenvalue weighted by Gasteiger charge is -2.29. The van der Waals surface area contributed by atoms with E-state index in [1.165, 1.54) is 25.0 Å². The summed E-state index contributed by atoms with van der Waals surface area (Å²) in [5, 5.41) is 0. The molecule has 0 radical (unpaired) electrons. The van der Waals surface area contributed by atoms with Crippen molar-refractivity contribution in [1.29, 1.82) is 0 Å². The summed E-state index contributed by atoms with van der Waals surface area (Å²) in [6.45, 7) is 0. The van der Waals surface area contributed by atoms with Crippen LogP contribution in [-0.4, -0.2) is 28.9 Å². The third-order valence-corrected chi connectivity index (χ3v) is 5.60. The molecule has 26 heavy (non-hydrogen) atoms. The molecule has 2 aliphatic rings. The number of aromatic nitrogens is 1. The zero-order chi connectivity index (χ0) is 18.1. The number of benzene rings is 1. The monoisotopic (exact) mass is 348 g/mol. The number of hydrogen-bond acceptors (Lipinski definition) is 2.